The summed E-state index contributed by atoms with van der Waals surface area (Å²) >= 11 is 0. The number of rotatable bonds is 12. The van der Waals surface area contributed by atoms with Crippen molar-refractivity contribution < 1.29 is 19.0 Å². The molecule has 0 fully saturated rings. The molecule has 1 aromatic heterocycles. The third-order valence-electron chi connectivity index (χ3n) is 7.43. The second kappa shape index (κ2) is 12.0. The molecule has 2 aromatic carbocycles. The highest BCUT2D eigenvalue weighted by atomic mass is 19.1. The zero-order valence-corrected chi connectivity index (χ0v) is 21.5. The molecule has 1 heterocycles. The van der Waals surface area contributed by atoms with Crippen molar-refractivity contribution in [3.8, 4) is 0 Å². The Morgan fingerprint density at radius 2 is 2.06 bits per heavy atom. The molecule has 3 atom stereocenters. The molecule has 6 nitrogen and oxygen atoms in total. The van der Waals surface area contributed by atoms with Gasteiger partial charge < -0.3 is 19.7 Å². The maximum atomic E-state index is 13.7. The van der Waals surface area contributed by atoms with Crippen molar-refractivity contribution in [2.75, 3.05) is 26.7 Å². The van der Waals surface area contributed by atoms with Gasteiger partial charge in [-0.05, 0) is 92.4 Å². The number of nitrogens with zero attached hydrogens (tertiary/aromatic N) is 2. The lowest BCUT2D eigenvalue weighted by molar-refractivity contribution is -0.152. The predicted octanol–water partition coefficient (Wildman–Crippen LogP) is 5.43. The molecule has 194 valence electrons. The monoisotopic (exact) mass is 495 g/mol. The molecule has 1 aliphatic rings. The number of benzene rings is 2. The smallest absolute Gasteiger partial charge is 0.332 e. The Labute approximate surface area is 212 Å². The molecule has 0 aliphatic heterocycles. The number of fused-ring (bicyclic) bond motifs is 2. The van der Waals surface area contributed by atoms with Crippen molar-refractivity contribution >= 4 is 17.0 Å². The maximum Gasteiger partial charge on any atom is 0.332 e. The summed E-state index contributed by atoms with van der Waals surface area (Å²) in [7, 11) is 2.02. The van der Waals surface area contributed by atoms with Gasteiger partial charge >= 0.3 is 5.97 Å². The van der Waals surface area contributed by atoms with Gasteiger partial charge in [0.15, 0.2) is 6.10 Å². The summed E-state index contributed by atoms with van der Waals surface area (Å²) in [6.45, 7) is 6.26. The van der Waals surface area contributed by atoms with E-state index in [1.54, 1.807) is 6.07 Å². The van der Waals surface area contributed by atoms with Crippen molar-refractivity contribution in [2.45, 2.75) is 58.0 Å². The van der Waals surface area contributed by atoms with E-state index in [9.17, 15) is 14.3 Å². The van der Waals surface area contributed by atoms with Crippen LogP contribution in [-0.2, 0) is 22.4 Å². The first kappa shape index (κ1) is 26.3. The van der Waals surface area contributed by atoms with Gasteiger partial charge in [-0.3, -0.25) is 0 Å². The van der Waals surface area contributed by atoms with Crippen LogP contribution >= 0.6 is 0 Å². The number of ether oxygens (including phenoxy) is 1. The van der Waals surface area contributed by atoms with Gasteiger partial charge in [-0.2, -0.15) is 0 Å². The van der Waals surface area contributed by atoms with Crippen LogP contribution in [0.3, 0.4) is 0 Å². The van der Waals surface area contributed by atoms with E-state index in [4.69, 9.17) is 4.74 Å². The van der Waals surface area contributed by atoms with Gasteiger partial charge in [0.2, 0.25) is 0 Å². The number of carboxylic acids is 1. The van der Waals surface area contributed by atoms with Crippen LogP contribution in [-0.4, -0.2) is 58.8 Å². The molecule has 7 heteroatoms. The van der Waals surface area contributed by atoms with E-state index in [1.807, 2.05) is 37.4 Å². The van der Waals surface area contributed by atoms with Gasteiger partial charge in [0.05, 0.1) is 17.6 Å². The summed E-state index contributed by atoms with van der Waals surface area (Å²) in [6, 6.07) is 13.1. The fourth-order valence-electron chi connectivity index (χ4n) is 5.59. The van der Waals surface area contributed by atoms with Crippen LogP contribution in [0.25, 0.3) is 11.0 Å². The number of carbonyl (C=O) groups is 1. The van der Waals surface area contributed by atoms with Gasteiger partial charge in [0.1, 0.15) is 11.6 Å². The number of H-pyrrole nitrogens is 1. The number of para-hydroxylation sites is 2. The molecule has 2 N–H and O–H groups in total. The summed E-state index contributed by atoms with van der Waals surface area (Å²) in [5.74, 6) is 0.705. The molecule has 0 radical (unpaired) electrons. The largest absolute Gasteiger partial charge is 0.479 e. The quantitative estimate of drug-likeness (QED) is 0.350. The summed E-state index contributed by atoms with van der Waals surface area (Å²) in [6.07, 6.45) is 3.08. The van der Waals surface area contributed by atoms with E-state index < -0.39 is 12.1 Å². The number of halogens is 1. The number of nitrogens with one attached hydrogen (secondary N) is 1. The van der Waals surface area contributed by atoms with Gasteiger partial charge in [-0.15, -0.1) is 0 Å². The van der Waals surface area contributed by atoms with E-state index in [-0.39, 0.29) is 17.7 Å². The van der Waals surface area contributed by atoms with E-state index in [0.717, 1.165) is 54.6 Å². The molecule has 1 unspecified atom stereocenters. The lowest BCUT2D eigenvalue weighted by atomic mass is 9.70. The highest BCUT2D eigenvalue weighted by Gasteiger charge is 2.33. The molecule has 0 saturated carbocycles. The lowest BCUT2D eigenvalue weighted by Gasteiger charge is -2.36. The molecule has 0 bridgehead atoms. The van der Waals surface area contributed by atoms with Crippen LogP contribution in [0, 0.1) is 17.7 Å². The minimum Gasteiger partial charge on any atom is -0.479 e. The average molecular weight is 496 g/mol. The standard InChI is InChI=1S/C29H38FN3O3/c1-19(2)28-21(11-10-20-17-22(30)12-13-23(20)28)18-36-26(29(34)35)14-16-33(3)15-6-9-27-31-24-7-4-5-8-25(24)32-27/h4-5,7-8,12-13,17,19,21,26,28H,6,9-11,14-16,18H2,1-3H3,(H,31,32)(H,34,35)/t21-,26?,28+/m0/s1. The van der Waals surface area contributed by atoms with Crippen LogP contribution in [0.15, 0.2) is 42.5 Å². The Hall–Kier alpha value is -2.77. The maximum absolute atomic E-state index is 13.7. The van der Waals surface area contributed by atoms with Crippen LogP contribution in [0.4, 0.5) is 4.39 Å². The number of hydrogen-bond acceptors (Lipinski definition) is 4. The zero-order valence-electron chi connectivity index (χ0n) is 21.5. The molecule has 0 spiro atoms. The van der Waals surface area contributed by atoms with E-state index in [1.165, 1.54) is 11.6 Å². The van der Waals surface area contributed by atoms with E-state index in [0.29, 0.717) is 25.5 Å². The minimum atomic E-state index is -0.912. The molecule has 1 aliphatic carbocycles. The second-order valence-corrected chi connectivity index (χ2v) is 10.5. The Kier molecular flexibility index (Phi) is 8.75. The van der Waals surface area contributed by atoms with Crippen molar-refractivity contribution in [1.29, 1.82) is 0 Å². The minimum absolute atomic E-state index is 0.196. The van der Waals surface area contributed by atoms with Crippen LogP contribution in [0.1, 0.15) is 56.0 Å². The highest BCUT2D eigenvalue weighted by Crippen LogP contribution is 2.41. The van der Waals surface area contributed by atoms with Gasteiger partial charge in [-0.1, -0.05) is 32.0 Å². The van der Waals surface area contributed by atoms with Crippen molar-refractivity contribution in [1.82, 2.24) is 14.9 Å². The average Bonchev–Trinajstić information content (AvgIpc) is 3.26. The summed E-state index contributed by atoms with van der Waals surface area (Å²) in [5, 5.41) is 9.78. The molecule has 0 saturated heterocycles. The van der Waals surface area contributed by atoms with Crippen LogP contribution < -0.4 is 0 Å². The fraction of sp³-hybridized carbons (Fsp3) is 0.517. The fourth-order valence-corrected chi connectivity index (χ4v) is 5.59. The molecular weight excluding hydrogens is 457 g/mol. The number of aromatic nitrogens is 2. The van der Waals surface area contributed by atoms with Crippen LogP contribution in [0.5, 0.6) is 0 Å². The Morgan fingerprint density at radius 1 is 1.25 bits per heavy atom. The van der Waals surface area contributed by atoms with Crippen LogP contribution in [0.2, 0.25) is 0 Å². The SMILES string of the molecule is CC(C)[C@H]1c2ccc(F)cc2CC[C@H]1COC(CCN(C)CCCc1nc2ccccc2[nH]1)C(=O)O. The second-order valence-electron chi connectivity index (χ2n) is 10.5. The molecule has 4 rings (SSSR count). The number of hydrogen-bond donors (Lipinski definition) is 2. The molecular formula is C29H38FN3O3. The topological polar surface area (TPSA) is 78.5 Å². The molecule has 3 aromatic rings. The first-order valence-corrected chi connectivity index (χ1v) is 13.1. The van der Waals surface area contributed by atoms with Crippen molar-refractivity contribution in [3.05, 3.63) is 65.2 Å². The Balaban J connectivity index is 1.25. The third-order valence-corrected chi connectivity index (χ3v) is 7.43. The van der Waals surface area contributed by atoms with Gasteiger partial charge in [0.25, 0.3) is 0 Å². The Morgan fingerprint density at radius 3 is 2.81 bits per heavy atom. The van der Waals surface area contributed by atoms with Gasteiger partial charge in [-0.25, -0.2) is 14.2 Å². The first-order valence-electron chi connectivity index (χ1n) is 13.1. The number of aromatic amines is 1. The highest BCUT2D eigenvalue weighted by molar-refractivity contribution is 5.74. The van der Waals surface area contributed by atoms with Gasteiger partial charge in [0, 0.05) is 13.0 Å². The predicted molar refractivity (Wildman–Crippen MR) is 140 cm³/mol. The number of aryl methyl sites for hydroxylation is 2. The summed E-state index contributed by atoms with van der Waals surface area (Å²) in [4.78, 5) is 22.1. The summed E-state index contributed by atoms with van der Waals surface area (Å²) in [5.41, 5.74) is 4.29. The number of aliphatic carboxylic acids is 1. The number of imidazole rings is 1. The lowest BCUT2D eigenvalue weighted by Crippen LogP contribution is -2.34. The van der Waals surface area contributed by atoms with Crippen molar-refractivity contribution in [3.63, 3.8) is 0 Å². The summed E-state index contributed by atoms with van der Waals surface area (Å²) < 4.78 is 19.7. The molecule has 0 amide bonds. The normalized spacial score (nSPS) is 18.6. The van der Waals surface area contributed by atoms with E-state index in [2.05, 4.69) is 28.7 Å². The molecule has 36 heavy (non-hydrogen) atoms. The Bertz CT molecular complexity index is 1130. The van der Waals surface area contributed by atoms with E-state index >= 15 is 0 Å². The third kappa shape index (κ3) is 6.51. The number of carboxylic acid groups (broad SMARTS) is 1. The zero-order chi connectivity index (χ0) is 25.7. The van der Waals surface area contributed by atoms with Crippen molar-refractivity contribution in [2.24, 2.45) is 11.8 Å². The first-order chi connectivity index (χ1) is 17.3.